The average Bonchev–Trinajstić information content (AvgIpc) is 3.13. The van der Waals surface area contributed by atoms with Crippen molar-refractivity contribution < 1.29 is 19.3 Å². The average molecular weight is 454 g/mol. The summed E-state index contributed by atoms with van der Waals surface area (Å²) in [4.78, 5) is 2.22. The van der Waals surface area contributed by atoms with Crippen molar-refractivity contribution in [1.29, 1.82) is 0 Å². The lowest BCUT2D eigenvalue weighted by Gasteiger charge is -2.25. The number of hydrogen-bond donors (Lipinski definition) is 1. The molecule has 0 saturated carbocycles. The van der Waals surface area contributed by atoms with Gasteiger partial charge in [-0.3, -0.25) is 4.90 Å². The molecule has 33 heavy (non-hydrogen) atoms. The van der Waals surface area contributed by atoms with Crippen molar-refractivity contribution in [2.75, 3.05) is 33.4 Å². The first-order chi connectivity index (χ1) is 16.1. The molecule has 178 valence electrons. The Labute approximate surface area is 196 Å². The highest BCUT2D eigenvalue weighted by Crippen LogP contribution is 2.36. The molecule has 1 atom stereocenters. The number of aliphatic hydroxyl groups excluding tert-OH is 1. The summed E-state index contributed by atoms with van der Waals surface area (Å²) in [6.45, 7) is 8.91. The molecule has 0 aliphatic carbocycles. The Hall–Kier alpha value is -2.87. The van der Waals surface area contributed by atoms with Gasteiger partial charge in [-0.25, -0.2) is 4.68 Å². The Morgan fingerprint density at radius 3 is 2.39 bits per heavy atom. The minimum absolute atomic E-state index is 0.323. The van der Waals surface area contributed by atoms with Gasteiger partial charge in [-0.1, -0.05) is 37.3 Å². The van der Waals surface area contributed by atoms with Crippen LogP contribution in [0, 0.1) is 6.92 Å². The number of aromatic nitrogens is 2. The first-order valence-corrected chi connectivity index (χ1v) is 11.5. The summed E-state index contributed by atoms with van der Waals surface area (Å²) in [5.41, 5.74) is 2.76. The molecule has 7 heteroatoms. The molecule has 2 aromatic carbocycles. The quantitative estimate of drug-likeness (QED) is 0.408. The first-order valence-electron chi connectivity index (χ1n) is 11.5. The summed E-state index contributed by atoms with van der Waals surface area (Å²) >= 11 is 0. The number of ether oxygens (including phenoxy) is 3. The smallest absolute Gasteiger partial charge is 0.227 e. The number of para-hydroxylation sites is 3. The third-order valence-electron chi connectivity index (χ3n) is 5.32. The molecule has 0 bridgehead atoms. The Morgan fingerprint density at radius 2 is 1.73 bits per heavy atom. The lowest BCUT2D eigenvalue weighted by Crippen LogP contribution is -2.35. The highest BCUT2D eigenvalue weighted by atomic mass is 16.5. The fraction of sp³-hybridized carbons (Fsp3) is 0.423. The van der Waals surface area contributed by atoms with Gasteiger partial charge >= 0.3 is 0 Å². The number of methoxy groups -OCH3 is 1. The van der Waals surface area contributed by atoms with Crippen molar-refractivity contribution in [1.82, 2.24) is 14.7 Å². The van der Waals surface area contributed by atoms with E-state index in [1.807, 2.05) is 73.1 Å². The first kappa shape index (κ1) is 24.8. The van der Waals surface area contributed by atoms with E-state index in [0.717, 1.165) is 29.9 Å². The summed E-state index contributed by atoms with van der Waals surface area (Å²) < 4.78 is 19.2. The van der Waals surface area contributed by atoms with Crippen molar-refractivity contribution in [3.05, 3.63) is 65.9 Å². The zero-order valence-corrected chi connectivity index (χ0v) is 20.0. The van der Waals surface area contributed by atoms with Crippen LogP contribution in [0.4, 0.5) is 0 Å². The maximum absolute atomic E-state index is 10.4. The SMILES string of the molecule is CCCN(Cc1c(C)nn(-c2ccccc2)c1Oc1ccccc1OC)C[C@@H](O)COCC. The van der Waals surface area contributed by atoms with E-state index >= 15 is 0 Å². The number of benzene rings is 2. The largest absolute Gasteiger partial charge is 0.493 e. The molecule has 0 saturated heterocycles. The van der Waals surface area contributed by atoms with Gasteiger partial charge in [-0.15, -0.1) is 0 Å². The second-order valence-electron chi connectivity index (χ2n) is 7.92. The van der Waals surface area contributed by atoms with Crippen molar-refractivity contribution in [3.63, 3.8) is 0 Å². The summed E-state index contributed by atoms with van der Waals surface area (Å²) in [5, 5.41) is 15.3. The van der Waals surface area contributed by atoms with E-state index in [1.165, 1.54) is 0 Å². The molecule has 3 rings (SSSR count). The minimum atomic E-state index is -0.556. The van der Waals surface area contributed by atoms with Crippen LogP contribution in [0.25, 0.3) is 5.69 Å². The molecule has 1 heterocycles. The molecule has 7 nitrogen and oxygen atoms in total. The van der Waals surface area contributed by atoms with Gasteiger partial charge in [0.15, 0.2) is 11.5 Å². The standard InChI is InChI=1S/C26H35N3O4/c1-5-16-28(17-22(30)19-32-6-2)18-23-20(3)27-29(21-12-8-7-9-13-21)26(23)33-25-15-11-10-14-24(25)31-4/h7-15,22,30H,5-6,16-19H2,1-4H3/t22-/m1/s1. The predicted molar refractivity (Wildman–Crippen MR) is 129 cm³/mol. The monoisotopic (exact) mass is 453 g/mol. The highest BCUT2D eigenvalue weighted by Gasteiger charge is 2.23. The molecule has 0 fully saturated rings. The zero-order chi connectivity index (χ0) is 23.6. The van der Waals surface area contributed by atoms with E-state index in [2.05, 4.69) is 11.8 Å². The van der Waals surface area contributed by atoms with E-state index in [9.17, 15) is 5.11 Å². The minimum Gasteiger partial charge on any atom is -0.493 e. The summed E-state index contributed by atoms with van der Waals surface area (Å²) in [5.74, 6) is 1.92. The van der Waals surface area contributed by atoms with Gasteiger partial charge in [-0.05, 0) is 51.1 Å². The molecule has 0 amide bonds. The summed E-state index contributed by atoms with van der Waals surface area (Å²) in [6.07, 6.45) is 0.412. The van der Waals surface area contributed by atoms with Gasteiger partial charge in [0.25, 0.3) is 0 Å². The van der Waals surface area contributed by atoms with Crippen molar-refractivity contribution >= 4 is 0 Å². The van der Waals surface area contributed by atoms with Crippen LogP contribution >= 0.6 is 0 Å². The molecule has 1 aromatic heterocycles. The normalized spacial score (nSPS) is 12.2. The van der Waals surface area contributed by atoms with E-state index in [0.29, 0.717) is 43.7 Å². The number of aliphatic hydroxyl groups is 1. The number of aryl methyl sites for hydroxylation is 1. The topological polar surface area (TPSA) is 69.0 Å². The van der Waals surface area contributed by atoms with E-state index < -0.39 is 6.10 Å². The van der Waals surface area contributed by atoms with Gasteiger partial charge in [0.2, 0.25) is 5.88 Å². The van der Waals surface area contributed by atoms with Gasteiger partial charge in [0.05, 0.1) is 36.8 Å². The van der Waals surface area contributed by atoms with Gasteiger partial charge in [0, 0.05) is 19.7 Å². The Kier molecular flexibility index (Phi) is 9.30. The fourth-order valence-electron chi connectivity index (χ4n) is 3.76. The Morgan fingerprint density at radius 1 is 1.03 bits per heavy atom. The van der Waals surface area contributed by atoms with Crippen LogP contribution in [-0.2, 0) is 11.3 Å². The molecule has 3 aromatic rings. The van der Waals surface area contributed by atoms with Crippen LogP contribution in [0.1, 0.15) is 31.5 Å². The maximum Gasteiger partial charge on any atom is 0.227 e. The lowest BCUT2D eigenvalue weighted by atomic mass is 10.2. The zero-order valence-electron chi connectivity index (χ0n) is 20.0. The summed E-state index contributed by atoms with van der Waals surface area (Å²) in [7, 11) is 1.63. The molecule has 0 aliphatic heterocycles. The number of rotatable bonds is 13. The Balaban J connectivity index is 1.98. The third kappa shape index (κ3) is 6.57. The molecular formula is C26H35N3O4. The second-order valence-corrected chi connectivity index (χ2v) is 7.92. The van der Waals surface area contributed by atoms with E-state index in [1.54, 1.807) is 7.11 Å². The van der Waals surface area contributed by atoms with Crippen LogP contribution in [0.5, 0.6) is 17.4 Å². The third-order valence-corrected chi connectivity index (χ3v) is 5.32. The van der Waals surface area contributed by atoms with Crippen molar-refractivity contribution in [2.45, 2.75) is 39.8 Å². The summed E-state index contributed by atoms with van der Waals surface area (Å²) in [6, 6.07) is 17.5. The van der Waals surface area contributed by atoms with Crippen LogP contribution in [0.3, 0.4) is 0 Å². The van der Waals surface area contributed by atoms with Gasteiger partial charge in [0.1, 0.15) is 0 Å². The van der Waals surface area contributed by atoms with Crippen molar-refractivity contribution in [2.24, 2.45) is 0 Å². The predicted octanol–water partition coefficient (Wildman–Crippen LogP) is 4.59. The van der Waals surface area contributed by atoms with Gasteiger partial charge < -0.3 is 19.3 Å². The fourth-order valence-corrected chi connectivity index (χ4v) is 3.76. The number of hydrogen-bond acceptors (Lipinski definition) is 6. The molecule has 0 aliphatic rings. The van der Waals surface area contributed by atoms with Crippen LogP contribution in [0.2, 0.25) is 0 Å². The highest BCUT2D eigenvalue weighted by molar-refractivity contribution is 5.47. The van der Waals surface area contributed by atoms with Crippen LogP contribution < -0.4 is 9.47 Å². The second kappa shape index (κ2) is 12.4. The molecule has 1 N–H and O–H groups in total. The maximum atomic E-state index is 10.4. The number of nitrogens with zero attached hydrogens (tertiary/aromatic N) is 3. The molecule has 0 unspecified atom stereocenters. The Bertz CT molecular complexity index is 990. The van der Waals surface area contributed by atoms with Crippen molar-refractivity contribution in [3.8, 4) is 23.1 Å². The van der Waals surface area contributed by atoms with E-state index in [-0.39, 0.29) is 0 Å². The lowest BCUT2D eigenvalue weighted by molar-refractivity contribution is 0.0195. The molecular weight excluding hydrogens is 418 g/mol. The molecule has 0 spiro atoms. The van der Waals surface area contributed by atoms with E-state index in [4.69, 9.17) is 19.3 Å². The molecule has 0 radical (unpaired) electrons. The van der Waals surface area contributed by atoms with Crippen LogP contribution in [0.15, 0.2) is 54.6 Å². The van der Waals surface area contributed by atoms with Gasteiger partial charge in [-0.2, -0.15) is 5.10 Å². The van der Waals surface area contributed by atoms with Crippen LogP contribution in [-0.4, -0.2) is 59.3 Å².